The van der Waals surface area contributed by atoms with Crippen LogP contribution in [0, 0.1) is 0 Å². The second-order valence-corrected chi connectivity index (χ2v) is 3.58. The molecule has 14 heavy (non-hydrogen) atoms. The average Bonchev–Trinajstić information content (AvgIpc) is 2.52. The fourth-order valence-corrected chi connectivity index (χ4v) is 1.37. The fourth-order valence-electron chi connectivity index (χ4n) is 1.37. The van der Waals surface area contributed by atoms with Crippen molar-refractivity contribution in [3.8, 4) is 0 Å². The lowest BCUT2D eigenvalue weighted by Crippen LogP contribution is -2.31. The van der Waals surface area contributed by atoms with Gasteiger partial charge in [-0.3, -0.25) is 4.68 Å². The predicted molar refractivity (Wildman–Crippen MR) is 56.3 cm³/mol. The first-order chi connectivity index (χ1) is 6.72. The molecule has 1 aromatic rings. The molecule has 0 bridgehead atoms. The molecule has 0 saturated heterocycles. The standard InChI is InChI=1S/C10H19N3O/c1-9(8-14-3)11-5-4-10-6-12-13(2)7-10/h6-7,9,11H,4-5,8H2,1-3H3. The highest BCUT2D eigenvalue weighted by atomic mass is 16.5. The Bertz CT molecular complexity index is 260. The van der Waals surface area contributed by atoms with Crippen molar-refractivity contribution >= 4 is 0 Å². The summed E-state index contributed by atoms with van der Waals surface area (Å²) in [5.74, 6) is 0. The maximum Gasteiger partial charge on any atom is 0.0613 e. The van der Waals surface area contributed by atoms with Gasteiger partial charge in [-0.1, -0.05) is 0 Å². The third-order valence-corrected chi connectivity index (χ3v) is 2.08. The Morgan fingerprint density at radius 3 is 3.00 bits per heavy atom. The van der Waals surface area contributed by atoms with Gasteiger partial charge in [0.25, 0.3) is 0 Å². The quantitative estimate of drug-likeness (QED) is 0.725. The average molecular weight is 197 g/mol. The van der Waals surface area contributed by atoms with Crippen molar-refractivity contribution < 1.29 is 4.74 Å². The summed E-state index contributed by atoms with van der Waals surface area (Å²) < 4.78 is 6.86. The van der Waals surface area contributed by atoms with Crippen LogP contribution in [0.15, 0.2) is 12.4 Å². The molecule has 4 nitrogen and oxygen atoms in total. The second-order valence-electron chi connectivity index (χ2n) is 3.58. The van der Waals surface area contributed by atoms with Gasteiger partial charge in [0, 0.05) is 26.4 Å². The minimum atomic E-state index is 0.414. The Morgan fingerprint density at radius 1 is 1.64 bits per heavy atom. The van der Waals surface area contributed by atoms with E-state index in [0.29, 0.717) is 6.04 Å². The Morgan fingerprint density at radius 2 is 2.43 bits per heavy atom. The van der Waals surface area contributed by atoms with Crippen LogP contribution in [0.4, 0.5) is 0 Å². The van der Waals surface area contributed by atoms with E-state index in [9.17, 15) is 0 Å². The van der Waals surface area contributed by atoms with Crippen LogP contribution in [0.25, 0.3) is 0 Å². The molecule has 1 aromatic heterocycles. The van der Waals surface area contributed by atoms with Crippen molar-refractivity contribution in [2.45, 2.75) is 19.4 Å². The van der Waals surface area contributed by atoms with Crippen LogP contribution in [0.3, 0.4) is 0 Å². The van der Waals surface area contributed by atoms with Crippen LogP contribution >= 0.6 is 0 Å². The molecular weight excluding hydrogens is 178 g/mol. The lowest BCUT2D eigenvalue weighted by molar-refractivity contribution is 0.172. The van der Waals surface area contributed by atoms with Gasteiger partial charge in [0.2, 0.25) is 0 Å². The van der Waals surface area contributed by atoms with E-state index in [-0.39, 0.29) is 0 Å². The third-order valence-electron chi connectivity index (χ3n) is 2.08. The molecule has 1 rings (SSSR count). The summed E-state index contributed by atoms with van der Waals surface area (Å²) in [5.41, 5.74) is 1.27. The SMILES string of the molecule is COCC(C)NCCc1cnn(C)c1. The Hall–Kier alpha value is -0.870. The zero-order valence-electron chi connectivity index (χ0n) is 9.16. The highest BCUT2D eigenvalue weighted by Crippen LogP contribution is 1.96. The van der Waals surface area contributed by atoms with Crippen LogP contribution in [0.1, 0.15) is 12.5 Å². The van der Waals surface area contributed by atoms with Crippen LogP contribution in [-0.4, -0.2) is 36.1 Å². The molecule has 80 valence electrons. The predicted octanol–water partition coefficient (Wildman–Crippen LogP) is 0.587. The van der Waals surface area contributed by atoms with Crippen LogP contribution in [-0.2, 0) is 18.2 Å². The van der Waals surface area contributed by atoms with Gasteiger partial charge in [-0.2, -0.15) is 5.10 Å². The number of ether oxygens (including phenoxy) is 1. The van der Waals surface area contributed by atoms with Crippen molar-refractivity contribution in [3.63, 3.8) is 0 Å². The molecule has 0 fully saturated rings. The lowest BCUT2D eigenvalue weighted by atomic mass is 10.2. The number of aromatic nitrogens is 2. The van der Waals surface area contributed by atoms with Crippen LogP contribution in [0.5, 0.6) is 0 Å². The van der Waals surface area contributed by atoms with E-state index in [0.717, 1.165) is 19.6 Å². The number of nitrogens with zero attached hydrogens (tertiary/aromatic N) is 2. The Labute approximate surface area is 85.3 Å². The number of hydrogen-bond donors (Lipinski definition) is 1. The Kier molecular flexibility index (Phi) is 4.62. The second kappa shape index (κ2) is 5.78. The van der Waals surface area contributed by atoms with E-state index < -0.39 is 0 Å². The van der Waals surface area contributed by atoms with E-state index in [1.165, 1.54) is 5.56 Å². The van der Waals surface area contributed by atoms with Crippen LogP contribution in [0.2, 0.25) is 0 Å². The summed E-state index contributed by atoms with van der Waals surface area (Å²) in [4.78, 5) is 0. The first-order valence-electron chi connectivity index (χ1n) is 4.92. The maximum absolute atomic E-state index is 5.03. The highest BCUT2D eigenvalue weighted by molar-refractivity contribution is 5.03. The van der Waals surface area contributed by atoms with Crippen molar-refractivity contribution in [2.75, 3.05) is 20.3 Å². The molecule has 0 radical (unpaired) electrons. The van der Waals surface area contributed by atoms with Crippen molar-refractivity contribution in [2.24, 2.45) is 7.05 Å². The fraction of sp³-hybridized carbons (Fsp3) is 0.700. The number of hydrogen-bond acceptors (Lipinski definition) is 3. The van der Waals surface area contributed by atoms with E-state index in [2.05, 4.69) is 17.3 Å². The number of methoxy groups -OCH3 is 1. The van der Waals surface area contributed by atoms with Crippen LogP contribution < -0.4 is 5.32 Å². The summed E-state index contributed by atoms with van der Waals surface area (Å²) in [6, 6.07) is 0.414. The summed E-state index contributed by atoms with van der Waals surface area (Å²) >= 11 is 0. The van der Waals surface area contributed by atoms with E-state index in [4.69, 9.17) is 4.74 Å². The topological polar surface area (TPSA) is 39.1 Å². The normalized spacial score (nSPS) is 13.1. The van der Waals surface area contributed by atoms with Gasteiger partial charge in [0.05, 0.1) is 12.8 Å². The van der Waals surface area contributed by atoms with Crippen molar-refractivity contribution in [1.29, 1.82) is 0 Å². The van der Waals surface area contributed by atoms with Gasteiger partial charge in [-0.15, -0.1) is 0 Å². The molecule has 0 saturated carbocycles. The molecule has 1 atom stereocenters. The first-order valence-corrected chi connectivity index (χ1v) is 4.92. The molecule has 0 aliphatic carbocycles. The summed E-state index contributed by atoms with van der Waals surface area (Å²) in [6.45, 7) is 3.84. The molecule has 0 aromatic carbocycles. The summed E-state index contributed by atoms with van der Waals surface area (Å²) in [7, 11) is 3.66. The molecule has 1 unspecified atom stereocenters. The zero-order chi connectivity index (χ0) is 10.4. The molecular formula is C10H19N3O. The highest BCUT2D eigenvalue weighted by Gasteiger charge is 2.00. The number of nitrogens with one attached hydrogen (secondary N) is 1. The molecule has 0 aliphatic heterocycles. The monoisotopic (exact) mass is 197 g/mol. The van der Waals surface area contributed by atoms with E-state index in [1.807, 2.05) is 24.1 Å². The van der Waals surface area contributed by atoms with Crippen molar-refractivity contribution in [3.05, 3.63) is 18.0 Å². The van der Waals surface area contributed by atoms with Gasteiger partial charge in [0.15, 0.2) is 0 Å². The molecule has 4 heteroatoms. The minimum absolute atomic E-state index is 0.414. The van der Waals surface area contributed by atoms with Gasteiger partial charge in [-0.05, 0) is 25.5 Å². The van der Waals surface area contributed by atoms with Gasteiger partial charge < -0.3 is 10.1 Å². The molecule has 1 heterocycles. The molecule has 0 aliphatic rings. The largest absolute Gasteiger partial charge is 0.383 e. The number of aryl methyl sites for hydroxylation is 1. The Balaban J connectivity index is 2.15. The van der Waals surface area contributed by atoms with E-state index >= 15 is 0 Å². The molecule has 1 N–H and O–H groups in total. The minimum Gasteiger partial charge on any atom is -0.383 e. The van der Waals surface area contributed by atoms with Gasteiger partial charge >= 0.3 is 0 Å². The first kappa shape index (κ1) is 11.2. The summed E-state index contributed by atoms with van der Waals surface area (Å²) in [5, 5.41) is 7.49. The lowest BCUT2D eigenvalue weighted by Gasteiger charge is -2.11. The van der Waals surface area contributed by atoms with Crippen molar-refractivity contribution in [1.82, 2.24) is 15.1 Å². The van der Waals surface area contributed by atoms with E-state index in [1.54, 1.807) is 7.11 Å². The van der Waals surface area contributed by atoms with Gasteiger partial charge in [0.1, 0.15) is 0 Å². The third kappa shape index (κ3) is 3.89. The smallest absolute Gasteiger partial charge is 0.0613 e. The molecule has 0 spiro atoms. The number of rotatable bonds is 6. The van der Waals surface area contributed by atoms with Gasteiger partial charge in [-0.25, -0.2) is 0 Å². The zero-order valence-corrected chi connectivity index (χ0v) is 9.16. The summed E-state index contributed by atoms with van der Waals surface area (Å²) in [6.07, 6.45) is 4.97. The maximum atomic E-state index is 5.03. The molecule has 0 amide bonds.